The lowest BCUT2D eigenvalue weighted by Gasteiger charge is -2.22. The van der Waals surface area contributed by atoms with Gasteiger partial charge in [-0.2, -0.15) is 0 Å². The van der Waals surface area contributed by atoms with E-state index in [1.165, 1.54) is 18.7 Å². The molecule has 0 spiro atoms. The third-order valence-corrected chi connectivity index (χ3v) is 4.18. The summed E-state index contributed by atoms with van der Waals surface area (Å²) in [4.78, 5) is 26.7. The van der Waals surface area contributed by atoms with Crippen LogP contribution < -0.4 is 15.5 Å². The fraction of sp³-hybridized carbons (Fsp3) is 0.667. The molecular formula is C18H28N2O4. The van der Waals surface area contributed by atoms with E-state index in [9.17, 15) is 9.59 Å². The second kappa shape index (κ2) is 9.35. The zero-order chi connectivity index (χ0) is 17.4. The summed E-state index contributed by atoms with van der Waals surface area (Å²) in [6.45, 7) is 4.76. The van der Waals surface area contributed by atoms with Crippen LogP contribution in [0, 0.1) is 5.92 Å². The van der Waals surface area contributed by atoms with Crippen LogP contribution in [0.4, 0.5) is 4.79 Å². The van der Waals surface area contributed by atoms with Gasteiger partial charge in [-0.25, -0.2) is 4.79 Å². The molecule has 1 aliphatic rings. The lowest BCUT2D eigenvalue weighted by atomic mass is 9.96. The molecule has 0 aliphatic heterocycles. The van der Waals surface area contributed by atoms with Gasteiger partial charge in [-0.15, -0.1) is 0 Å². The number of pyridine rings is 1. The van der Waals surface area contributed by atoms with Crippen LogP contribution >= 0.6 is 0 Å². The van der Waals surface area contributed by atoms with E-state index >= 15 is 0 Å². The summed E-state index contributed by atoms with van der Waals surface area (Å²) in [5.74, 6) is 0.825. The zero-order valence-corrected chi connectivity index (χ0v) is 14.6. The molecule has 6 nitrogen and oxygen atoms in total. The first-order valence-corrected chi connectivity index (χ1v) is 8.82. The fourth-order valence-electron chi connectivity index (χ4n) is 2.70. The van der Waals surface area contributed by atoms with E-state index in [2.05, 4.69) is 24.1 Å². The number of aromatic nitrogens is 1. The number of amides is 1. The number of aromatic amines is 1. The number of carbonyl (C=O) groups is 1. The molecule has 2 N–H and O–H groups in total. The van der Waals surface area contributed by atoms with Crippen molar-refractivity contribution < 1.29 is 14.3 Å². The van der Waals surface area contributed by atoms with Crippen LogP contribution in [-0.4, -0.2) is 23.7 Å². The molecule has 1 aliphatic carbocycles. The molecule has 1 heterocycles. The standard InChI is InChI=1S/C18H28N2O4/c1-13(2)8-9-23-17-11-19-15(10-16(17)21)12-24-18(22)20-14-6-4-3-5-7-14/h10-11,13-14H,3-9,12H2,1-2H3,(H,19,21)(H,20,22). The maximum absolute atomic E-state index is 12.0. The van der Waals surface area contributed by atoms with E-state index in [-0.39, 0.29) is 18.1 Å². The van der Waals surface area contributed by atoms with Gasteiger partial charge in [0, 0.05) is 18.3 Å². The number of ether oxygens (including phenoxy) is 2. The van der Waals surface area contributed by atoms with Crippen LogP contribution in [0.2, 0.25) is 0 Å². The van der Waals surface area contributed by atoms with Crippen molar-refractivity contribution in [2.45, 2.75) is 65.0 Å². The van der Waals surface area contributed by atoms with Crippen molar-refractivity contribution in [3.05, 3.63) is 28.2 Å². The summed E-state index contributed by atoms with van der Waals surface area (Å²) in [6.07, 6.45) is 7.54. The molecule has 1 amide bonds. The van der Waals surface area contributed by atoms with Crippen molar-refractivity contribution in [1.29, 1.82) is 0 Å². The summed E-state index contributed by atoms with van der Waals surface area (Å²) < 4.78 is 10.6. The van der Waals surface area contributed by atoms with Crippen molar-refractivity contribution in [2.75, 3.05) is 6.61 Å². The maximum atomic E-state index is 12.0. The van der Waals surface area contributed by atoms with E-state index < -0.39 is 6.09 Å². The quantitative estimate of drug-likeness (QED) is 0.800. The minimum Gasteiger partial charge on any atom is -0.488 e. The van der Waals surface area contributed by atoms with Crippen LogP contribution in [0.5, 0.6) is 5.75 Å². The third kappa shape index (κ3) is 6.26. The van der Waals surface area contributed by atoms with Crippen molar-refractivity contribution in [1.82, 2.24) is 10.3 Å². The van der Waals surface area contributed by atoms with Gasteiger partial charge >= 0.3 is 6.09 Å². The first-order valence-electron chi connectivity index (χ1n) is 8.82. The van der Waals surface area contributed by atoms with Crippen molar-refractivity contribution >= 4 is 6.09 Å². The largest absolute Gasteiger partial charge is 0.488 e. The summed E-state index contributed by atoms with van der Waals surface area (Å²) in [5, 5.41) is 2.88. The SMILES string of the molecule is CC(C)CCOc1c[nH]c(COC(=O)NC2CCCCC2)cc1=O. The molecule has 134 valence electrons. The van der Waals surface area contributed by atoms with Gasteiger partial charge in [-0.3, -0.25) is 4.79 Å². The molecule has 0 saturated heterocycles. The van der Waals surface area contributed by atoms with Crippen LogP contribution in [0.3, 0.4) is 0 Å². The summed E-state index contributed by atoms with van der Waals surface area (Å²) in [6, 6.07) is 1.63. The minimum atomic E-state index is -0.431. The van der Waals surface area contributed by atoms with Gasteiger partial charge in [-0.05, 0) is 25.2 Å². The lowest BCUT2D eigenvalue weighted by molar-refractivity contribution is 0.131. The number of nitrogens with one attached hydrogen (secondary N) is 2. The molecule has 6 heteroatoms. The summed E-state index contributed by atoms with van der Waals surface area (Å²) >= 11 is 0. The summed E-state index contributed by atoms with van der Waals surface area (Å²) in [5.41, 5.74) is 0.346. The fourth-order valence-corrected chi connectivity index (χ4v) is 2.70. The second-order valence-electron chi connectivity index (χ2n) is 6.77. The predicted octanol–water partition coefficient (Wildman–Crippen LogP) is 3.36. The Bertz CT molecular complexity index is 577. The highest BCUT2D eigenvalue weighted by atomic mass is 16.5. The number of hydrogen-bond acceptors (Lipinski definition) is 4. The zero-order valence-electron chi connectivity index (χ0n) is 14.6. The average molecular weight is 336 g/mol. The Kier molecular flexibility index (Phi) is 7.15. The smallest absolute Gasteiger partial charge is 0.407 e. The lowest BCUT2D eigenvalue weighted by Crippen LogP contribution is -2.36. The minimum absolute atomic E-state index is 0.0417. The molecule has 0 unspecified atom stereocenters. The van der Waals surface area contributed by atoms with E-state index in [1.54, 1.807) is 0 Å². The van der Waals surface area contributed by atoms with E-state index in [0.29, 0.717) is 24.0 Å². The van der Waals surface area contributed by atoms with Gasteiger partial charge in [-0.1, -0.05) is 33.1 Å². The molecular weight excluding hydrogens is 308 g/mol. The Morgan fingerprint density at radius 3 is 2.75 bits per heavy atom. The third-order valence-electron chi connectivity index (χ3n) is 4.18. The maximum Gasteiger partial charge on any atom is 0.407 e. The molecule has 0 aromatic carbocycles. The molecule has 1 aromatic rings. The molecule has 1 fully saturated rings. The number of alkyl carbamates (subject to hydrolysis) is 1. The Labute approximate surface area is 142 Å². The molecule has 0 radical (unpaired) electrons. The highest BCUT2D eigenvalue weighted by Crippen LogP contribution is 2.17. The normalized spacial score (nSPS) is 15.3. The first kappa shape index (κ1) is 18.4. The molecule has 1 saturated carbocycles. The first-order chi connectivity index (χ1) is 11.5. The van der Waals surface area contributed by atoms with Gasteiger partial charge < -0.3 is 19.8 Å². The van der Waals surface area contributed by atoms with Crippen LogP contribution in [-0.2, 0) is 11.3 Å². The Morgan fingerprint density at radius 1 is 1.33 bits per heavy atom. The van der Waals surface area contributed by atoms with Crippen molar-refractivity contribution in [3.8, 4) is 5.75 Å². The number of rotatable bonds is 7. The van der Waals surface area contributed by atoms with Crippen LogP contribution in [0.25, 0.3) is 0 Å². The Balaban J connectivity index is 1.77. The van der Waals surface area contributed by atoms with Crippen LogP contribution in [0.15, 0.2) is 17.1 Å². The van der Waals surface area contributed by atoms with E-state index in [0.717, 1.165) is 32.1 Å². The molecule has 1 aromatic heterocycles. The van der Waals surface area contributed by atoms with Gasteiger partial charge in [0.1, 0.15) is 6.61 Å². The Morgan fingerprint density at radius 2 is 2.08 bits per heavy atom. The van der Waals surface area contributed by atoms with E-state index in [1.807, 2.05) is 0 Å². The van der Waals surface area contributed by atoms with E-state index in [4.69, 9.17) is 9.47 Å². The van der Waals surface area contributed by atoms with Gasteiger partial charge in [0.25, 0.3) is 0 Å². The van der Waals surface area contributed by atoms with Gasteiger partial charge in [0.2, 0.25) is 5.43 Å². The highest BCUT2D eigenvalue weighted by molar-refractivity contribution is 5.67. The molecule has 24 heavy (non-hydrogen) atoms. The van der Waals surface area contributed by atoms with Gasteiger partial charge in [0.05, 0.1) is 12.3 Å². The molecule has 0 atom stereocenters. The molecule has 2 rings (SSSR count). The topological polar surface area (TPSA) is 80.4 Å². The second-order valence-corrected chi connectivity index (χ2v) is 6.77. The summed E-state index contributed by atoms with van der Waals surface area (Å²) in [7, 11) is 0. The number of H-pyrrole nitrogens is 1. The average Bonchev–Trinajstić information content (AvgIpc) is 2.55. The predicted molar refractivity (Wildman–Crippen MR) is 92.2 cm³/mol. The number of carbonyl (C=O) groups excluding carboxylic acids is 1. The van der Waals surface area contributed by atoms with Gasteiger partial charge in [0.15, 0.2) is 5.75 Å². The Hall–Kier alpha value is -1.98. The molecule has 0 bridgehead atoms. The monoisotopic (exact) mass is 336 g/mol. The van der Waals surface area contributed by atoms with Crippen LogP contribution in [0.1, 0.15) is 58.1 Å². The van der Waals surface area contributed by atoms with Crippen molar-refractivity contribution in [2.24, 2.45) is 5.92 Å². The van der Waals surface area contributed by atoms with Crippen molar-refractivity contribution in [3.63, 3.8) is 0 Å². The highest BCUT2D eigenvalue weighted by Gasteiger charge is 2.16. The number of hydrogen-bond donors (Lipinski definition) is 2.